The first kappa shape index (κ1) is 23.7. The number of hydrogen-bond acceptors (Lipinski definition) is 6. The predicted octanol–water partition coefficient (Wildman–Crippen LogP) is 6.61. The molecule has 0 unspecified atom stereocenters. The standard InChI is InChI=1S/C28H19ClN2O4S/c1-34-24-15-17(16-25-26(32)31-28(36-25)30-20-12-10-19(29)11-13-20)9-14-23(24)35-27(33)22-8-4-6-18-5-2-3-7-21(18)22/h2-16H,1H3,(H,30,31,32)/b25-16-. The molecule has 1 N–H and O–H groups in total. The summed E-state index contributed by atoms with van der Waals surface area (Å²) in [6.45, 7) is 0. The van der Waals surface area contributed by atoms with Crippen molar-refractivity contribution < 1.29 is 19.1 Å². The number of benzene rings is 4. The average Bonchev–Trinajstić information content (AvgIpc) is 3.23. The molecule has 8 heteroatoms. The van der Waals surface area contributed by atoms with Gasteiger partial charge < -0.3 is 14.8 Å². The summed E-state index contributed by atoms with van der Waals surface area (Å²) in [5.74, 6) is -0.0781. The number of amides is 1. The van der Waals surface area contributed by atoms with Gasteiger partial charge in [-0.2, -0.15) is 0 Å². The van der Waals surface area contributed by atoms with E-state index in [1.165, 1.54) is 18.9 Å². The lowest BCUT2D eigenvalue weighted by atomic mass is 10.0. The number of rotatable bonds is 5. The molecule has 36 heavy (non-hydrogen) atoms. The van der Waals surface area contributed by atoms with E-state index in [-0.39, 0.29) is 11.7 Å². The van der Waals surface area contributed by atoms with E-state index < -0.39 is 5.97 Å². The van der Waals surface area contributed by atoms with Crippen LogP contribution in [0.5, 0.6) is 11.5 Å². The molecule has 0 spiro atoms. The van der Waals surface area contributed by atoms with Crippen LogP contribution in [0.2, 0.25) is 5.02 Å². The number of ether oxygens (including phenoxy) is 2. The Morgan fingerprint density at radius 3 is 2.56 bits per heavy atom. The summed E-state index contributed by atoms with van der Waals surface area (Å²) in [6.07, 6.45) is 1.73. The number of methoxy groups -OCH3 is 1. The maximum Gasteiger partial charge on any atom is 0.344 e. The third-order valence-electron chi connectivity index (χ3n) is 5.41. The molecular formula is C28H19ClN2O4S. The third kappa shape index (κ3) is 5.12. The second-order valence-electron chi connectivity index (χ2n) is 7.78. The quantitative estimate of drug-likeness (QED) is 0.184. The fraction of sp³-hybridized carbons (Fsp3) is 0.0357. The highest BCUT2D eigenvalue weighted by Crippen LogP contribution is 2.33. The van der Waals surface area contributed by atoms with Crippen LogP contribution in [0, 0.1) is 0 Å². The summed E-state index contributed by atoms with van der Waals surface area (Å²) in [7, 11) is 1.50. The van der Waals surface area contributed by atoms with Gasteiger partial charge in [0.05, 0.1) is 23.3 Å². The van der Waals surface area contributed by atoms with Crippen molar-refractivity contribution in [1.29, 1.82) is 0 Å². The van der Waals surface area contributed by atoms with Crippen LogP contribution in [0.4, 0.5) is 5.69 Å². The lowest BCUT2D eigenvalue weighted by Crippen LogP contribution is -2.19. The Morgan fingerprint density at radius 2 is 1.75 bits per heavy atom. The Kier molecular flexibility index (Phi) is 6.75. The average molecular weight is 515 g/mol. The molecule has 1 aliphatic heterocycles. The van der Waals surface area contributed by atoms with Crippen molar-refractivity contribution in [2.75, 3.05) is 7.11 Å². The zero-order valence-corrected chi connectivity index (χ0v) is 20.6. The number of carbonyl (C=O) groups is 2. The van der Waals surface area contributed by atoms with E-state index in [2.05, 4.69) is 10.3 Å². The molecule has 0 bridgehead atoms. The Labute approximate surface area is 216 Å². The van der Waals surface area contributed by atoms with Gasteiger partial charge in [0.2, 0.25) is 0 Å². The first-order valence-electron chi connectivity index (χ1n) is 10.9. The lowest BCUT2D eigenvalue weighted by molar-refractivity contribution is -0.115. The topological polar surface area (TPSA) is 77.0 Å². The van der Waals surface area contributed by atoms with Gasteiger partial charge in [0.1, 0.15) is 0 Å². The van der Waals surface area contributed by atoms with Crippen LogP contribution < -0.4 is 14.8 Å². The Morgan fingerprint density at radius 1 is 0.972 bits per heavy atom. The molecule has 0 saturated carbocycles. The molecule has 1 saturated heterocycles. The second-order valence-corrected chi connectivity index (χ2v) is 9.25. The minimum Gasteiger partial charge on any atom is -0.493 e. The van der Waals surface area contributed by atoms with Gasteiger partial charge in [0, 0.05) is 5.02 Å². The number of esters is 1. The minimum atomic E-state index is -0.481. The van der Waals surface area contributed by atoms with Crippen LogP contribution in [0.1, 0.15) is 15.9 Å². The fourth-order valence-corrected chi connectivity index (χ4v) is 4.65. The van der Waals surface area contributed by atoms with E-state index in [1.807, 2.05) is 36.4 Å². The van der Waals surface area contributed by atoms with Crippen LogP contribution in [0.3, 0.4) is 0 Å². The van der Waals surface area contributed by atoms with Crippen molar-refractivity contribution in [3.63, 3.8) is 0 Å². The van der Waals surface area contributed by atoms with Crippen molar-refractivity contribution in [2.24, 2.45) is 4.99 Å². The molecule has 1 aliphatic rings. The number of thioether (sulfide) groups is 1. The van der Waals surface area contributed by atoms with E-state index in [4.69, 9.17) is 21.1 Å². The van der Waals surface area contributed by atoms with Gasteiger partial charge in [0.25, 0.3) is 5.91 Å². The zero-order chi connectivity index (χ0) is 25.1. The highest BCUT2D eigenvalue weighted by molar-refractivity contribution is 8.18. The van der Waals surface area contributed by atoms with Crippen LogP contribution in [0.15, 0.2) is 94.8 Å². The van der Waals surface area contributed by atoms with Crippen LogP contribution in [-0.4, -0.2) is 24.2 Å². The van der Waals surface area contributed by atoms with Crippen LogP contribution >= 0.6 is 23.4 Å². The highest BCUT2D eigenvalue weighted by atomic mass is 35.5. The van der Waals surface area contributed by atoms with Gasteiger partial charge in [-0.15, -0.1) is 0 Å². The van der Waals surface area contributed by atoms with E-state index in [1.54, 1.807) is 54.6 Å². The first-order valence-corrected chi connectivity index (χ1v) is 12.1. The van der Waals surface area contributed by atoms with Gasteiger partial charge in [-0.25, -0.2) is 9.79 Å². The number of nitrogens with one attached hydrogen (secondary N) is 1. The maximum absolute atomic E-state index is 12.9. The summed E-state index contributed by atoms with van der Waals surface area (Å²) in [4.78, 5) is 30.3. The monoisotopic (exact) mass is 514 g/mol. The molecular weight excluding hydrogens is 496 g/mol. The third-order valence-corrected chi connectivity index (χ3v) is 6.57. The molecule has 4 aromatic carbocycles. The van der Waals surface area contributed by atoms with Crippen LogP contribution in [-0.2, 0) is 4.79 Å². The summed E-state index contributed by atoms with van der Waals surface area (Å²) in [6, 6.07) is 25.2. The largest absolute Gasteiger partial charge is 0.493 e. The summed E-state index contributed by atoms with van der Waals surface area (Å²) >= 11 is 7.14. The van der Waals surface area contributed by atoms with E-state index in [0.717, 1.165) is 10.8 Å². The number of nitrogens with zero attached hydrogens (tertiary/aromatic N) is 1. The smallest absolute Gasteiger partial charge is 0.344 e. The second kappa shape index (κ2) is 10.3. The van der Waals surface area contributed by atoms with Crippen molar-refractivity contribution in [2.45, 2.75) is 0 Å². The Hall–Kier alpha value is -4.07. The highest BCUT2D eigenvalue weighted by Gasteiger charge is 2.24. The molecule has 0 radical (unpaired) electrons. The molecule has 6 nitrogen and oxygen atoms in total. The predicted molar refractivity (Wildman–Crippen MR) is 144 cm³/mol. The number of fused-ring (bicyclic) bond motifs is 1. The zero-order valence-electron chi connectivity index (χ0n) is 19.0. The molecule has 5 rings (SSSR count). The van der Waals surface area contributed by atoms with E-state index in [0.29, 0.717) is 37.7 Å². The molecule has 4 aromatic rings. The van der Waals surface area contributed by atoms with E-state index >= 15 is 0 Å². The van der Waals surface area contributed by atoms with Crippen molar-refractivity contribution in [3.05, 3.63) is 106 Å². The molecule has 0 aromatic heterocycles. The maximum atomic E-state index is 12.9. The summed E-state index contributed by atoms with van der Waals surface area (Å²) in [5, 5.41) is 5.61. The van der Waals surface area contributed by atoms with Gasteiger partial charge in [0.15, 0.2) is 16.7 Å². The minimum absolute atomic E-state index is 0.252. The van der Waals surface area contributed by atoms with Crippen molar-refractivity contribution >= 4 is 62.9 Å². The van der Waals surface area contributed by atoms with Gasteiger partial charge in [-0.3, -0.25) is 4.79 Å². The number of aliphatic imine (C=N–C) groups is 1. The van der Waals surface area contributed by atoms with Gasteiger partial charge >= 0.3 is 5.97 Å². The number of hydrogen-bond donors (Lipinski definition) is 1. The molecule has 1 amide bonds. The van der Waals surface area contributed by atoms with E-state index in [9.17, 15) is 9.59 Å². The Balaban J connectivity index is 1.36. The van der Waals surface area contributed by atoms with Crippen molar-refractivity contribution in [1.82, 2.24) is 5.32 Å². The summed E-state index contributed by atoms with van der Waals surface area (Å²) in [5.41, 5.74) is 1.86. The van der Waals surface area contributed by atoms with Crippen LogP contribution in [0.25, 0.3) is 16.8 Å². The number of amidine groups is 1. The number of carbonyl (C=O) groups excluding carboxylic acids is 2. The SMILES string of the molecule is COc1cc(/C=C2\SC(=Nc3ccc(Cl)cc3)NC2=O)ccc1OC(=O)c1cccc2ccccc12. The molecule has 178 valence electrons. The molecule has 0 atom stereocenters. The molecule has 1 fully saturated rings. The number of halogens is 1. The van der Waals surface area contributed by atoms with Gasteiger partial charge in [-0.1, -0.05) is 54.1 Å². The lowest BCUT2D eigenvalue weighted by Gasteiger charge is -2.11. The molecule has 0 aliphatic carbocycles. The molecule has 1 heterocycles. The fourth-order valence-electron chi connectivity index (χ4n) is 3.68. The van der Waals surface area contributed by atoms with Gasteiger partial charge in [-0.05, 0) is 76.6 Å². The normalized spacial score (nSPS) is 15.3. The summed E-state index contributed by atoms with van der Waals surface area (Å²) < 4.78 is 11.1. The Bertz CT molecular complexity index is 1540. The first-order chi connectivity index (χ1) is 17.5. The van der Waals surface area contributed by atoms with Crippen molar-refractivity contribution in [3.8, 4) is 11.5 Å².